The summed E-state index contributed by atoms with van der Waals surface area (Å²) in [6.07, 6.45) is 1.31. The molecule has 1 amide bonds. The summed E-state index contributed by atoms with van der Waals surface area (Å²) in [4.78, 5) is 17.3. The Morgan fingerprint density at radius 3 is 2.93 bits per heavy atom. The SMILES string of the molecule is CN(C(=O)c1cscn1)[C@@H]1CC[C@H]1O. The molecule has 14 heavy (non-hydrogen) atoms. The molecule has 1 N–H and O–H groups in total. The zero-order valence-corrected chi connectivity index (χ0v) is 8.70. The van der Waals surface area contributed by atoms with Gasteiger partial charge in [-0.2, -0.15) is 0 Å². The number of aromatic nitrogens is 1. The highest BCUT2D eigenvalue weighted by Gasteiger charge is 2.35. The van der Waals surface area contributed by atoms with Gasteiger partial charge in [-0.15, -0.1) is 11.3 Å². The van der Waals surface area contributed by atoms with E-state index in [0.29, 0.717) is 5.69 Å². The molecule has 0 radical (unpaired) electrons. The van der Waals surface area contributed by atoms with Crippen LogP contribution in [0.3, 0.4) is 0 Å². The van der Waals surface area contributed by atoms with Gasteiger partial charge in [-0.3, -0.25) is 4.79 Å². The average molecular weight is 212 g/mol. The summed E-state index contributed by atoms with van der Waals surface area (Å²) in [6, 6.07) is -0.0239. The van der Waals surface area contributed by atoms with Crippen molar-refractivity contribution in [3.63, 3.8) is 0 Å². The van der Waals surface area contributed by atoms with Crippen LogP contribution in [-0.4, -0.2) is 40.1 Å². The van der Waals surface area contributed by atoms with Gasteiger partial charge in [-0.1, -0.05) is 0 Å². The first-order valence-corrected chi connectivity index (χ1v) is 5.48. The number of likely N-dealkylation sites (N-methyl/N-ethyl adjacent to an activating group) is 1. The van der Waals surface area contributed by atoms with Crippen molar-refractivity contribution in [1.29, 1.82) is 0 Å². The number of aliphatic hydroxyl groups is 1. The van der Waals surface area contributed by atoms with E-state index in [2.05, 4.69) is 4.98 Å². The van der Waals surface area contributed by atoms with Crippen LogP contribution in [0.5, 0.6) is 0 Å². The van der Waals surface area contributed by atoms with Crippen LogP contribution in [0.1, 0.15) is 23.3 Å². The zero-order chi connectivity index (χ0) is 10.1. The summed E-state index contributed by atoms with van der Waals surface area (Å²) < 4.78 is 0. The van der Waals surface area contributed by atoms with Gasteiger partial charge in [0.1, 0.15) is 5.69 Å². The fourth-order valence-electron chi connectivity index (χ4n) is 1.57. The lowest BCUT2D eigenvalue weighted by Gasteiger charge is -2.39. The number of hydrogen-bond acceptors (Lipinski definition) is 4. The van der Waals surface area contributed by atoms with Crippen molar-refractivity contribution >= 4 is 17.2 Å². The molecule has 5 heteroatoms. The minimum absolute atomic E-state index is 0.0239. The predicted molar refractivity (Wildman–Crippen MR) is 53.2 cm³/mol. The summed E-state index contributed by atoms with van der Waals surface area (Å²) in [5.74, 6) is -0.102. The Balaban J connectivity index is 2.05. The maximum Gasteiger partial charge on any atom is 0.273 e. The quantitative estimate of drug-likeness (QED) is 0.786. The summed E-state index contributed by atoms with van der Waals surface area (Å²) in [5, 5.41) is 11.1. The van der Waals surface area contributed by atoms with Crippen molar-refractivity contribution in [2.45, 2.75) is 25.0 Å². The first-order valence-electron chi connectivity index (χ1n) is 4.53. The van der Waals surface area contributed by atoms with Crippen molar-refractivity contribution in [1.82, 2.24) is 9.88 Å². The van der Waals surface area contributed by atoms with E-state index in [1.165, 1.54) is 11.3 Å². The standard InChI is InChI=1S/C9H12N2O2S/c1-11(7-2-3-8(7)12)9(13)6-4-14-5-10-6/h4-5,7-8,12H,2-3H2,1H3/t7-,8-/m1/s1. The maximum absolute atomic E-state index is 11.7. The molecule has 0 saturated heterocycles. The zero-order valence-electron chi connectivity index (χ0n) is 7.88. The topological polar surface area (TPSA) is 53.4 Å². The molecule has 1 aromatic rings. The van der Waals surface area contributed by atoms with Gasteiger partial charge < -0.3 is 10.0 Å². The minimum atomic E-state index is -0.359. The van der Waals surface area contributed by atoms with Gasteiger partial charge in [0.05, 0.1) is 17.7 Å². The van der Waals surface area contributed by atoms with Crippen LogP contribution in [0.4, 0.5) is 0 Å². The lowest BCUT2D eigenvalue weighted by atomic mass is 9.88. The third-order valence-corrected chi connectivity index (χ3v) is 3.26. The van der Waals surface area contributed by atoms with Gasteiger partial charge in [-0.05, 0) is 12.8 Å². The van der Waals surface area contributed by atoms with Crippen molar-refractivity contribution in [3.05, 3.63) is 16.6 Å². The monoisotopic (exact) mass is 212 g/mol. The molecule has 0 bridgehead atoms. The second-order valence-corrected chi connectivity index (χ2v) is 4.22. The Labute approximate surface area is 86.2 Å². The van der Waals surface area contributed by atoms with E-state index in [9.17, 15) is 9.90 Å². The highest BCUT2D eigenvalue weighted by Crippen LogP contribution is 2.25. The lowest BCUT2D eigenvalue weighted by molar-refractivity contribution is -0.00512. The Kier molecular flexibility index (Phi) is 2.52. The molecule has 76 valence electrons. The molecule has 1 heterocycles. The highest BCUT2D eigenvalue weighted by atomic mass is 32.1. The van der Waals surface area contributed by atoms with Gasteiger partial charge >= 0.3 is 0 Å². The minimum Gasteiger partial charge on any atom is -0.391 e. The number of thiazole rings is 1. The number of aliphatic hydroxyl groups excluding tert-OH is 1. The van der Waals surface area contributed by atoms with E-state index < -0.39 is 0 Å². The third kappa shape index (κ3) is 1.53. The van der Waals surface area contributed by atoms with Gasteiger partial charge in [0.15, 0.2) is 0 Å². The van der Waals surface area contributed by atoms with Crippen LogP contribution in [0.2, 0.25) is 0 Å². The summed E-state index contributed by atoms with van der Waals surface area (Å²) in [6.45, 7) is 0. The molecule has 1 aliphatic rings. The molecule has 1 aliphatic carbocycles. The van der Waals surface area contributed by atoms with Crippen LogP contribution < -0.4 is 0 Å². The number of rotatable bonds is 2. The second kappa shape index (κ2) is 3.67. The molecule has 4 nitrogen and oxygen atoms in total. The molecular weight excluding hydrogens is 200 g/mol. The van der Waals surface area contributed by atoms with Gasteiger partial charge in [0.25, 0.3) is 5.91 Å². The Morgan fingerprint density at radius 1 is 1.71 bits per heavy atom. The second-order valence-electron chi connectivity index (χ2n) is 3.50. The lowest BCUT2D eigenvalue weighted by Crippen LogP contribution is -2.51. The van der Waals surface area contributed by atoms with E-state index in [4.69, 9.17) is 0 Å². The molecule has 0 aromatic carbocycles. The summed E-state index contributed by atoms with van der Waals surface area (Å²) in [5.41, 5.74) is 2.11. The van der Waals surface area contributed by atoms with Crippen molar-refractivity contribution in [3.8, 4) is 0 Å². The van der Waals surface area contributed by atoms with Crippen LogP contribution >= 0.6 is 11.3 Å². The number of nitrogens with zero attached hydrogens (tertiary/aromatic N) is 2. The highest BCUT2D eigenvalue weighted by molar-refractivity contribution is 7.07. The van der Waals surface area contributed by atoms with Gasteiger partial charge in [-0.25, -0.2) is 4.98 Å². The average Bonchev–Trinajstić information content (AvgIpc) is 2.67. The van der Waals surface area contributed by atoms with E-state index in [1.54, 1.807) is 22.8 Å². The van der Waals surface area contributed by atoms with Gasteiger partial charge in [0.2, 0.25) is 0 Å². The van der Waals surface area contributed by atoms with Crippen LogP contribution in [-0.2, 0) is 0 Å². The summed E-state index contributed by atoms with van der Waals surface area (Å²) >= 11 is 1.40. The Hall–Kier alpha value is -0.940. The molecule has 2 rings (SSSR count). The summed E-state index contributed by atoms with van der Waals surface area (Å²) in [7, 11) is 1.72. The van der Waals surface area contributed by atoms with Crippen molar-refractivity contribution in [2.24, 2.45) is 0 Å². The number of carbonyl (C=O) groups excluding carboxylic acids is 1. The largest absolute Gasteiger partial charge is 0.391 e. The molecule has 2 atom stereocenters. The van der Waals surface area contributed by atoms with E-state index >= 15 is 0 Å². The maximum atomic E-state index is 11.7. The molecule has 0 unspecified atom stereocenters. The number of amides is 1. The fourth-order valence-corrected chi connectivity index (χ4v) is 2.09. The molecular formula is C9H12N2O2S. The van der Waals surface area contributed by atoms with Crippen LogP contribution in [0.15, 0.2) is 10.9 Å². The first-order chi connectivity index (χ1) is 6.70. The molecule has 0 aliphatic heterocycles. The van der Waals surface area contributed by atoms with E-state index in [-0.39, 0.29) is 18.1 Å². The molecule has 0 spiro atoms. The Morgan fingerprint density at radius 2 is 2.50 bits per heavy atom. The van der Waals surface area contributed by atoms with Crippen molar-refractivity contribution in [2.75, 3.05) is 7.05 Å². The molecule has 1 fully saturated rings. The van der Waals surface area contributed by atoms with Gasteiger partial charge in [0, 0.05) is 12.4 Å². The van der Waals surface area contributed by atoms with Crippen LogP contribution in [0.25, 0.3) is 0 Å². The van der Waals surface area contributed by atoms with E-state index in [1.807, 2.05) is 0 Å². The molecule has 1 saturated carbocycles. The number of carbonyl (C=O) groups is 1. The fraction of sp³-hybridized carbons (Fsp3) is 0.556. The predicted octanol–water partition coefficient (Wildman–Crippen LogP) is 0.738. The van der Waals surface area contributed by atoms with E-state index in [0.717, 1.165) is 12.8 Å². The number of hydrogen-bond donors (Lipinski definition) is 1. The third-order valence-electron chi connectivity index (χ3n) is 2.67. The first kappa shape index (κ1) is 9.61. The smallest absolute Gasteiger partial charge is 0.273 e. The Bertz CT molecular complexity index is 326. The normalized spacial score (nSPS) is 25.6. The van der Waals surface area contributed by atoms with Crippen molar-refractivity contribution < 1.29 is 9.90 Å². The van der Waals surface area contributed by atoms with Crippen LogP contribution in [0, 0.1) is 0 Å². The molecule has 1 aromatic heterocycles.